The Labute approximate surface area is 171 Å². The Balaban J connectivity index is 1.89. The minimum Gasteiger partial charge on any atom is -0.326 e. The van der Waals surface area contributed by atoms with E-state index in [1.165, 1.54) is 12.5 Å². The molecule has 0 spiro atoms. The average molecular weight is 389 g/mol. The quantitative estimate of drug-likeness (QED) is 0.611. The summed E-state index contributed by atoms with van der Waals surface area (Å²) in [5, 5.41) is 5.66. The third-order valence-corrected chi connectivity index (χ3v) is 4.91. The molecule has 0 fully saturated rings. The van der Waals surface area contributed by atoms with Crippen molar-refractivity contribution in [1.82, 2.24) is 4.57 Å². The molecule has 0 bridgehead atoms. The zero-order valence-electron chi connectivity index (χ0n) is 17.5. The van der Waals surface area contributed by atoms with E-state index >= 15 is 0 Å². The zero-order chi connectivity index (χ0) is 21.1. The first-order chi connectivity index (χ1) is 13.8. The van der Waals surface area contributed by atoms with Crippen LogP contribution < -0.4 is 10.6 Å². The van der Waals surface area contributed by atoms with Crippen LogP contribution in [0.5, 0.6) is 0 Å². The Bertz CT molecular complexity index is 1060. The molecule has 0 unspecified atom stereocenters. The lowest BCUT2D eigenvalue weighted by molar-refractivity contribution is -0.114. The van der Waals surface area contributed by atoms with Crippen LogP contribution in [-0.2, 0) is 4.79 Å². The second-order valence-corrected chi connectivity index (χ2v) is 7.59. The standard InChI is InChI=1S/C24H27N3O2/c1-15(2)19-8-6-11-22(13-19)27-16(3)12-23(17(27)4)24(29)26-21-10-7-9-20(14-21)25-18(5)28/h6-15H,1-5H3,(H,25,28)(H,26,29). The third kappa shape index (κ3) is 4.57. The van der Waals surface area contributed by atoms with Gasteiger partial charge in [-0.2, -0.15) is 0 Å². The van der Waals surface area contributed by atoms with Crippen molar-refractivity contribution in [2.75, 3.05) is 10.6 Å². The topological polar surface area (TPSA) is 63.1 Å². The summed E-state index contributed by atoms with van der Waals surface area (Å²) in [5.41, 5.74) is 6.11. The number of nitrogens with zero attached hydrogens (tertiary/aromatic N) is 1. The van der Waals surface area contributed by atoms with Crippen molar-refractivity contribution in [1.29, 1.82) is 0 Å². The Morgan fingerprint density at radius 2 is 1.55 bits per heavy atom. The minimum absolute atomic E-state index is 0.152. The number of anilines is 2. The molecule has 0 aliphatic heterocycles. The van der Waals surface area contributed by atoms with Crippen LogP contribution in [0.25, 0.3) is 5.69 Å². The highest BCUT2D eigenvalue weighted by Gasteiger charge is 2.17. The second kappa shape index (κ2) is 8.35. The lowest BCUT2D eigenvalue weighted by Gasteiger charge is -2.13. The van der Waals surface area contributed by atoms with E-state index in [2.05, 4.69) is 53.3 Å². The van der Waals surface area contributed by atoms with E-state index in [0.717, 1.165) is 17.1 Å². The summed E-state index contributed by atoms with van der Waals surface area (Å²) < 4.78 is 2.11. The van der Waals surface area contributed by atoms with Gasteiger partial charge < -0.3 is 15.2 Å². The van der Waals surface area contributed by atoms with Crippen molar-refractivity contribution in [2.45, 2.75) is 40.5 Å². The van der Waals surface area contributed by atoms with E-state index < -0.39 is 0 Å². The van der Waals surface area contributed by atoms with Gasteiger partial charge in [0.05, 0.1) is 5.56 Å². The summed E-state index contributed by atoms with van der Waals surface area (Å²) in [6.07, 6.45) is 0. The maximum Gasteiger partial charge on any atom is 0.257 e. The van der Waals surface area contributed by atoms with E-state index in [1.807, 2.05) is 19.9 Å². The van der Waals surface area contributed by atoms with Crippen molar-refractivity contribution >= 4 is 23.2 Å². The van der Waals surface area contributed by atoms with Gasteiger partial charge >= 0.3 is 0 Å². The van der Waals surface area contributed by atoms with Gasteiger partial charge in [0.2, 0.25) is 5.91 Å². The first kappa shape index (κ1) is 20.4. The van der Waals surface area contributed by atoms with Crippen LogP contribution in [0, 0.1) is 13.8 Å². The molecule has 5 heteroatoms. The molecular formula is C24H27N3O2. The average Bonchev–Trinajstić information content (AvgIpc) is 2.96. The molecule has 0 saturated carbocycles. The molecule has 2 N–H and O–H groups in total. The number of carbonyl (C=O) groups excluding carboxylic acids is 2. The van der Waals surface area contributed by atoms with Crippen LogP contribution >= 0.6 is 0 Å². The Hall–Kier alpha value is -3.34. The minimum atomic E-state index is -0.177. The van der Waals surface area contributed by atoms with E-state index in [4.69, 9.17) is 0 Å². The first-order valence-corrected chi connectivity index (χ1v) is 9.74. The Morgan fingerprint density at radius 3 is 2.21 bits per heavy atom. The molecule has 2 amide bonds. The SMILES string of the molecule is CC(=O)Nc1cccc(NC(=O)c2cc(C)n(-c3cccc(C(C)C)c3)c2C)c1. The summed E-state index contributed by atoms with van der Waals surface area (Å²) in [6, 6.07) is 17.4. The van der Waals surface area contributed by atoms with E-state index in [9.17, 15) is 9.59 Å². The zero-order valence-corrected chi connectivity index (χ0v) is 17.5. The van der Waals surface area contributed by atoms with Crippen LogP contribution in [0.2, 0.25) is 0 Å². The van der Waals surface area contributed by atoms with Crippen LogP contribution in [0.1, 0.15) is 54.0 Å². The second-order valence-electron chi connectivity index (χ2n) is 7.59. The number of rotatable bonds is 5. The fraction of sp³-hybridized carbons (Fsp3) is 0.250. The Morgan fingerprint density at radius 1 is 0.897 bits per heavy atom. The third-order valence-electron chi connectivity index (χ3n) is 4.91. The summed E-state index contributed by atoms with van der Waals surface area (Å²) in [7, 11) is 0. The summed E-state index contributed by atoms with van der Waals surface area (Å²) in [5.74, 6) is 0.106. The molecule has 0 radical (unpaired) electrons. The Kier molecular flexibility index (Phi) is 5.87. The summed E-state index contributed by atoms with van der Waals surface area (Å²) in [6.45, 7) is 9.75. The molecule has 1 heterocycles. The molecular weight excluding hydrogens is 362 g/mol. The van der Waals surface area contributed by atoms with Crippen LogP contribution in [0.15, 0.2) is 54.6 Å². The fourth-order valence-electron chi connectivity index (χ4n) is 3.49. The number of aromatic nitrogens is 1. The number of carbonyl (C=O) groups is 2. The lowest BCUT2D eigenvalue weighted by atomic mass is 10.0. The monoisotopic (exact) mass is 389 g/mol. The van der Waals surface area contributed by atoms with Gasteiger partial charge in [-0.25, -0.2) is 0 Å². The van der Waals surface area contributed by atoms with Gasteiger partial charge in [-0.15, -0.1) is 0 Å². The van der Waals surface area contributed by atoms with Gasteiger partial charge in [0.1, 0.15) is 0 Å². The number of amides is 2. The van der Waals surface area contributed by atoms with Gasteiger partial charge in [0.15, 0.2) is 0 Å². The fourth-order valence-corrected chi connectivity index (χ4v) is 3.49. The van der Waals surface area contributed by atoms with E-state index in [1.54, 1.807) is 24.3 Å². The highest BCUT2D eigenvalue weighted by atomic mass is 16.2. The van der Waals surface area contributed by atoms with Gasteiger partial charge in [-0.1, -0.05) is 32.0 Å². The van der Waals surface area contributed by atoms with Gasteiger partial charge in [0.25, 0.3) is 5.91 Å². The predicted octanol–water partition coefficient (Wildman–Crippen LogP) is 5.43. The molecule has 29 heavy (non-hydrogen) atoms. The molecule has 3 aromatic rings. The number of hydrogen-bond acceptors (Lipinski definition) is 2. The predicted molar refractivity (Wildman–Crippen MR) is 118 cm³/mol. The number of benzene rings is 2. The lowest BCUT2D eigenvalue weighted by Crippen LogP contribution is -2.13. The smallest absolute Gasteiger partial charge is 0.257 e. The number of nitrogens with one attached hydrogen (secondary N) is 2. The highest BCUT2D eigenvalue weighted by Crippen LogP contribution is 2.25. The molecule has 0 aliphatic rings. The van der Waals surface area contributed by atoms with Crippen molar-refractivity contribution < 1.29 is 9.59 Å². The molecule has 0 aliphatic carbocycles. The maximum atomic E-state index is 12.9. The molecule has 0 saturated heterocycles. The summed E-state index contributed by atoms with van der Waals surface area (Å²) in [4.78, 5) is 24.2. The molecule has 2 aromatic carbocycles. The first-order valence-electron chi connectivity index (χ1n) is 9.74. The van der Waals surface area contributed by atoms with Crippen LogP contribution in [0.3, 0.4) is 0 Å². The van der Waals surface area contributed by atoms with E-state index in [-0.39, 0.29) is 11.8 Å². The largest absolute Gasteiger partial charge is 0.326 e. The molecule has 1 aromatic heterocycles. The molecule has 0 atom stereocenters. The number of hydrogen-bond donors (Lipinski definition) is 2. The summed E-state index contributed by atoms with van der Waals surface area (Å²) >= 11 is 0. The molecule has 5 nitrogen and oxygen atoms in total. The van der Waals surface area contributed by atoms with E-state index in [0.29, 0.717) is 22.9 Å². The highest BCUT2D eigenvalue weighted by molar-refractivity contribution is 6.05. The van der Waals surface area contributed by atoms with Crippen LogP contribution in [0.4, 0.5) is 11.4 Å². The van der Waals surface area contributed by atoms with Crippen molar-refractivity contribution in [3.63, 3.8) is 0 Å². The molecule has 150 valence electrons. The maximum absolute atomic E-state index is 12.9. The van der Waals surface area contributed by atoms with Gasteiger partial charge in [0, 0.05) is 35.4 Å². The van der Waals surface area contributed by atoms with Crippen molar-refractivity contribution in [3.05, 3.63) is 77.1 Å². The van der Waals surface area contributed by atoms with Gasteiger partial charge in [-0.3, -0.25) is 9.59 Å². The van der Waals surface area contributed by atoms with Crippen molar-refractivity contribution in [2.24, 2.45) is 0 Å². The van der Waals surface area contributed by atoms with Crippen LogP contribution in [-0.4, -0.2) is 16.4 Å². The normalized spacial score (nSPS) is 10.8. The van der Waals surface area contributed by atoms with Crippen molar-refractivity contribution in [3.8, 4) is 5.69 Å². The van der Waals surface area contributed by atoms with Gasteiger partial charge in [-0.05, 0) is 61.7 Å². The molecule has 3 rings (SSSR count). The number of aryl methyl sites for hydroxylation is 1.